The Kier molecular flexibility index (Phi) is 5.89. The Morgan fingerprint density at radius 1 is 1.16 bits per heavy atom. The Labute approximate surface area is 221 Å². The molecule has 3 aliphatic carbocycles. The van der Waals surface area contributed by atoms with Crippen LogP contribution in [0.25, 0.3) is 11.0 Å². The van der Waals surface area contributed by atoms with Gasteiger partial charge in [-0.25, -0.2) is 0 Å². The normalized spacial score (nSPS) is 28.5. The molecule has 1 aliphatic heterocycles. The molecule has 1 N–H and O–H groups in total. The summed E-state index contributed by atoms with van der Waals surface area (Å²) < 4.78 is 54.4. The highest BCUT2D eigenvalue weighted by Gasteiger charge is 2.68. The molecule has 7 rings (SSSR count). The minimum atomic E-state index is -3.76. The Morgan fingerprint density at radius 3 is 2.61 bits per heavy atom. The number of nitrogens with one attached hydrogen (secondary N) is 1. The van der Waals surface area contributed by atoms with E-state index in [2.05, 4.69) is 26.1 Å². The lowest BCUT2D eigenvalue weighted by atomic mass is 9.43. The highest BCUT2D eigenvalue weighted by molar-refractivity contribution is 6.48. The van der Waals surface area contributed by atoms with Crippen molar-refractivity contribution >= 4 is 24.0 Å². The first-order chi connectivity index (χ1) is 18.0. The van der Waals surface area contributed by atoms with Crippen molar-refractivity contribution in [1.29, 1.82) is 0 Å². The van der Waals surface area contributed by atoms with Gasteiger partial charge in [0, 0.05) is 10.9 Å². The van der Waals surface area contributed by atoms with Crippen molar-refractivity contribution in [3.8, 4) is 5.75 Å². The molecule has 1 aromatic heterocycles. The van der Waals surface area contributed by atoms with Crippen LogP contribution in [0.1, 0.15) is 44.7 Å². The SMILES string of the molecule is COc1ccc(C(F)(F)C(=O)N[C@@H](Cc2coc3ccccc23)B2O[C@@H]3C[C@@H]4C[C@@H](C4(C)C)[C@]3(C)O2)cc1. The van der Waals surface area contributed by atoms with E-state index >= 15 is 8.78 Å². The van der Waals surface area contributed by atoms with E-state index in [0.717, 1.165) is 23.8 Å². The van der Waals surface area contributed by atoms with Gasteiger partial charge in [0.2, 0.25) is 0 Å². The number of halogens is 2. The lowest BCUT2D eigenvalue weighted by Crippen LogP contribution is -2.65. The van der Waals surface area contributed by atoms with E-state index in [1.807, 2.05) is 24.3 Å². The predicted molar refractivity (Wildman–Crippen MR) is 139 cm³/mol. The highest BCUT2D eigenvalue weighted by atomic mass is 19.3. The van der Waals surface area contributed by atoms with Crippen LogP contribution in [0.15, 0.2) is 59.2 Å². The second kappa shape index (κ2) is 8.81. The summed E-state index contributed by atoms with van der Waals surface area (Å²) in [6.07, 6.45) is 3.59. The second-order valence-corrected chi connectivity index (χ2v) is 11.7. The largest absolute Gasteiger partial charge is 0.497 e. The molecule has 0 unspecified atom stereocenters. The number of carbonyl (C=O) groups is 1. The summed E-state index contributed by atoms with van der Waals surface area (Å²) in [5.74, 6) is -4.75. The Morgan fingerprint density at radius 2 is 1.89 bits per heavy atom. The summed E-state index contributed by atoms with van der Waals surface area (Å²) in [7, 11) is 0.582. The number of amides is 1. The van der Waals surface area contributed by atoms with Gasteiger partial charge in [-0.2, -0.15) is 8.78 Å². The smallest absolute Gasteiger partial charge is 0.482 e. The molecular formula is C29H32BF2NO5. The number of alkyl halides is 2. The first kappa shape index (κ1) is 25.4. The number of para-hydroxylation sites is 1. The Hall–Kier alpha value is -2.91. The van der Waals surface area contributed by atoms with Crippen molar-refractivity contribution in [2.24, 2.45) is 17.3 Å². The van der Waals surface area contributed by atoms with Gasteiger partial charge in [-0.3, -0.25) is 4.79 Å². The molecule has 9 heteroatoms. The number of fused-ring (bicyclic) bond motifs is 1. The number of rotatable bonds is 7. The van der Waals surface area contributed by atoms with Crippen molar-refractivity contribution in [3.05, 3.63) is 65.9 Å². The second-order valence-electron chi connectivity index (χ2n) is 11.7. The van der Waals surface area contributed by atoms with Gasteiger partial charge in [-0.05, 0) is 79.3 Å². The summed E-state index contributed by atoms with van der Waals surface area (Å²) in [5.41, 5.74) is 0.649. The van der Waals surface area contributed by atoms with E-state index in [0.29, 0.717) is 23.2 Å². The fraction of sp³-hybridized carbons (Fsp3) is 0.483. The van der Waals surface area contributed by atoms with Crippen LogP contribution in [-0.4, -0.2) is 37.8 Å². The lowest BCUT2D eigenvalue weighted by molar-refractivity contribution is -0.199. The van der Waals surface area contributed by atoms with Gasteiger partial charge in [0.25, 0.3) is 5.91 Å². The maximum absolute atomic E-state index is 15.4. The zero-order valence-electron chi connectivity index (χ0n) is 22.0. The summed E-state index contributed by atoms with van der Waals surface area (Å²) >= 11 is 0. The lowest BCUT2D eigenvalue weighted by Gasteiger charge is -2.64. The molecule has 0 radical (unpaired) electrons. The number of ether oxygens (including phenoxy) is 1. The third-order valence-electron chi connectivity index (χ3n) is 9.35. The van der Waals surface area contributed by atoms with Crippen molar-refractivity contribution in [2.75, 3.05) is 7.11 Å². The summed E-state index contributed by atoms with van der Waals surface area (Å²) in [5, 5.41) is 3.45. The Bertz CT molecular complexity index is 1360. The molecule has 1 amide bonds. The molecule has 3 saturated carbocycles. The average molecular weight is 523 g/mol. The molecule has 38 heavy (non-hydrogen) atoms. The van der Waals surface area contributed by atoms with Gasteiger partial charge in [0.05, 0.1) is 31.0 Å². The van der Waals surface area contributed by atoms with Crippen LogP contribution in [0.4, 0.5) is 8.78 Å². The summed E-state index contributed by atoms with van der Waals surface area (Å²) in [4.78, 5) is 13.1. The minimum Gasteiger partial charge on any atom is -0.497 e. The monoisotopic (exact) mass is 523 g/mol. The van der Waals surface area contributed by atoms with Crippen molar-refractivity contribution in [3.63, 3.8) is 0 Å². The predicted octanol–water partition coefficient (Wildman–Crippen LogP) is 5.53. The molecule has 4 aliphatic rings. The van der Waals surface area contributed by atoms with E-state index in [9.17, 15) is 4.79 Å². The van der Waals surface area contributed by atoms with E-state index in [1.54, 1.807) is 6.26 Å². The van der Waals surface area contributed by atoms with Gasteiger partial charge < -0.3 is 23.8 Å². The first-order valence-corrected chi connectivity index (χ1v) is 13.2. The fourth-order valence-corrected chi connectivity index (χ4v) is 6.90. The molecule has 0 spiro atoms. The molecule has 6 nitrogen and oxygen atoms in total. The molecule has 2 aromatic carbocycles. The number of furan rings is 1. The third-order valence-corrected chi connectivity index (χ3v) is 9.35. The van der Waals surface area contributed by atoms with Crippen LogP contribution < -0.4 is 10.1 Å². The molecule has 200 valence electrons. The molecule has 4 fully saturated rings. The standard InChI is InChI=1S/C29H32BF2NO5/c1-27(2)19-14-23(27)28(3)24(15-19)37-30(38-28)25(13-17-16-36-22-8-6-5-7-21(17)22)33-26(34)29(31,32)18-9-11-20(35-4)12-10-18/h5-12,16,19,23-25H,13-15H2,1-4H3,(H,33,34)/t19-,23-,24+,25-,28-/m0/s1. The molecule has 2 bridgehead atoms. The van der Waals surface area contributed by atoms with Gasteiger partial charge >= 0.3 is 13.0 Å². The van der Waals surface area contributed by atoms with E-state index in [1.165, 1.54) is 31.4 Å². The average Bonchev–Trinajstić information content (AvgIpc) is 3.48. The number of methoxy groups -OCH3 is 1. The molecule has 1 saturated heterocycles. The zero-order chi connectivity index (χ0) is 26.9. The van der Waals surface area contributed by atoms with Crippen molar-refractivity contribution in [2.45, 2.75) is 63.6 Å². The zero-order valence-corrected chi connectivity index (χ0v) is 22.0. The maximum atomic E-state index is 15.4. The van der Waals surface area contributed by atoms with E-state index in [4.69, 9.17) is 18.5 Å². The van der Waals surface area contributed by atoms with Crippen LogP contribution in [-0.2, 0) is 26.4 Å². The van der Waals surface area contributed by atoms with Crippen LogP contribution in [0.2, 0.25) is 0 Å². The van der Waals surface area contributed by atoms with Gasteiger partial charge in [-0.15, -0.1) is 0 Å². The van der Waals surface area contributed by atoms with Crippen LogP contribution >= 0.6 is 0 Å². The van der Waals surface area contributed by atoms with Gasteiger partial charge in [-0.1, -0.05) is 32.0 Å². The van der Waals surface area contributed by atoms with Gasteiger partial charge in [0.15, 0.2) is 0 Å². The third kappa shape index (κ3) is 3.85. The number of hydrogen-bond donors (Lipinski definition) is 1. The van der Waals surface area contributed by atoms with E-state index < -0.39 is 36.1 Å². The maximum Gasteiger partial charge on any atom is 0.482 e. The molecular weight excluding hydrogens is 491 g/mol. The van der Waals surface area contributed by atoms with Crippen molar-refractivity contribution < 1.29 is 32.0 Å². The van der Waals surface area contributed by atoms with Crippen LogP contribution in [0, 0.1) is 17.3 Å². The fourth-order valence-electron chi connectivity index (χ4n) is 6.90. The quantitative estimate of drug-likeness (QED) is 0.413. The Balaban J connectivity index is 1.29. The van der Waals surface area contributed by atoms with Gasteiger partial charge in [0.1, 0.15) is 11.3 Å². The van der Waals surface area contributed by atoms with E-state index in [-0.39, 0.29) is 17.9 Å². The van der Waals surface area contributed by atoms with Crippen LogP contribution in [0.5, 0.6) is 5.75 Å². The summed E-state index contributed by atoms with van der Waals surface area (Å²) in [6.45, 7) is 6.59. The number of carbonyl (C=O) groups excluding carboxylic acids is 1. The summed E-state index contributed by atoms with van der Waals surface area (Å²) in [6, 6.07) is 12.7. The minimum absolute atomic E-state index is 0.129. The highest BCUT2D eigenvalue weighted by Crippen LogP contribution is 2.65. The molecule has 3 aromatic rings. The number of hydrogen-bond acceptors (Lipinski definition) is 5. The molecule has 2 heterocycles. The number of benzene rings is 2. The topological polar surface area (TPSA) is 69.9 Å². The first-order valence-electron chi connectivity index (χ1n) is 13.2. The van der Waals surface area contributed by atoms with Crippen molar-refractivity contribution in [1.82, 2.24) is 5.32 Å². The van der Waals surface area contributed by atoms with Crippen LogP contribution in [0.3, 0.4) is 0 Å². The molecule has 5 atom stereocenters.